The Balaban J connectivity index is 1.95. The fourth-order valence-corrected chi connectivity index (χ4v) is 2.25. The van der Waals surface area contributed by atoms with Crippen molar-refractivity contribution in [3.8, 4) is 5.75 Å². The van der Waals surface area contributed by atoms with Crippen molar-refractivity contribution < 1.29 is 19.4 Å². The van der Waals surface area contributed by atoms with Gasteiger partial charge in [0.05, 0.1) is 0 Å². The van der Waals surface area contributed by atoms with E-state index in [9.17, 15) is 9.59 Å². The van der Waals surface area contributed by atoms with Crippen LogP contribution < -0.4 is 10.1 Å². The van der Waals surface area contributed by atoms with Gasteiger partial charge in [0.25, 0.3) is 5.91 Å². The van der Waals surface area contributed by atoms with Crippen molar-refractivity contribution in [2.75, 3.05) is 5.32 Å². The van der Waals surface area contributed by atoms with Gasteiger partial charge >= 0.3 is 5.97 Å². The van der Waals surface area contributed by atoms with Gasteiger partial charge in [-0.3, -0.25) is 9.59 Å². The molecule has 0 bridgehead atoms. The minimum atomic E-state index is -0.843. The second kappa shape index (κ2) is 8.15. The molecule has 2 N–H and O–H groups in total. The Morgan fingerprint density at radius 2 is 1.92 bits per heavy atom. The number of carbonyl (C=O) groups excluding carboxylic acids is 1. The van der Waals surface area contributed by atoms with Crippen molar-refractivity contribution in [3.63, 3.8) is 0 Å². The van der Waals surface area contributed by atoms with E-state index in [1.54, 1.807) is 25.1 Å². The summed E-state index contributed by atoms with van der Waals surface area (Å²) in [5.41, 5.74) is 2.55. The smallest absolute Gasteiger partial charge is 0.303 e. The molecule has 0 aromatic heterocycles. The molecule has 24 heavy (non-hydrogen) atoms. The lowest BCUT2D eigenvalue weighted by Crippen LogP contribution is -2.30. The monoisotopic (exact) mass is 327 g/mol. The third-order valence-corrected chi connectivity index (χ3v) is 3.49. The van der Waals surface area contributed by atoms with E-state index in [0.717, 1.165) is 11.1 Å². The minimum Gasteiger partial charge on any atom is -0.481 e. The Morgan fingerprint density at radius 3 is 2.62 bits per heavy atom. The molecule has 0 saturated heterocycles. The number of carbonyl (C=O) groups is 2. The summed E-state index contributed by atoms with van der Waals surface area (Å²) >= 11 is 0. The molecule has 5 nitrogen and oxygen atoms in total. The number of anilines is 1. The Bertz CT molecular complexity index is 727. The number of benzene rings is 2. The summed E-state index contributed by atoms with van der Waals surface area (Å²) in [6.07, 6.45) is -0.159. The first-order valence-corrected chi connectivity index (χ1v) is 7.79. The van der Waals surface area contributed by atoms with Crippen LogP contribution in [0.25, 0.3) is 0 Å². The predicted molar refractivity (Wildman–Crippen MR) is 92.3 cm³/mol. The van der Waals surface area contributed by atoms with Crippen LogP contribution in [0.15, 0.2) is 48.5 Å². The van der Waals surface area contributed by atoms with Crippen LogP contribution in [-0.2, 0) is 16.0 Å². The molecule has 0 spiro atoms. The lowest BCUT2D eigenvalue weighted by Gasteiger charge is -2.15. The summed E-state index contributed by atoms with van der Waals surface area (Å²) < 4.78 is 5.65. The van der Waals surface area contributed by atoms with E-state index in [-0.39, 0.29) is 12.3 Å². The molecule has 0 fully saturated rings. The lowest BCUT2D eigenvalue weighted by molar-refractivity contribution is -0.137. The van der Waals surface area contributed by atoms with E-state index in [1.165, 1.54) is 0 Å². The maximum Gasteiger partial charge on any atom is 0.303 e. The highest BCUT2D eigenvalue weighted by molar-refractivity contribution is 5.94. The Labute approximate surface area is 141 Å². The molecule has 0 aliphatic heterocycles. The number of rotatable bonds is 7. The average molecular weight is 327 g/mol. The van der Waals surface area contributed by atoms with Gasteiger partial charge in [-0.25, -0.2) is 0 Å². The van der Waals surface area contributed by atoms with Gasteiger partial charge in [-0.05, 0) is 55.7 Å². The summed E-state index contributed by atoms with van der Waals surface area (Å²) in [6.45, 7) is 3.65. The van der Waals surface area contributed by atoms with E-state index < -0.39 is 12.1 Å². The molecule has 0 aliphatic rings. The molecular weight excluding hydrogens is 306 g/mol. The zero-order valence-electron chi connectivity index (χ0n) is 13.8. The standard InChI is InChI=1S/C19H21NO4/c1-13-5-3-8-17(11-13)24-14(2)19(23)20-16-7-4-6-15(12-16)9-10-18(21)22/h3-8,11-12,14H,9-10H2,1-2H3,(H,20,23)(H,21,22). The quantitative estimate of drug-likeness (QED) is 0.817. The number of carboxylic acid groups (broad SMARTS) is 1. The van der Waals surface area contributed by atoms with E-state index in [1.807, 2.05) is 37.3 Å². The third kappa shape index (κ3) is 5.43. The van der Waals surface area contributed by atoms with Gasteiger partial charge in [-0.2, -0.15) is 0 Å². The van der Waals surface area contributed by atoms with Crippen LogP contribution in [-0.4, -0.2) is 23.1 Å². The average Bonchev–Trinajstić information content (AvgIpc) is 2.53. The third-order valence-electron chi connectivity index (χ3n) is 3.49. The molecular formula is C19H21NO4. The van der Waals surface area contributed by atoms with Crippen LogP contribution >= 0.6 is 0 Å². The van der Waals surface area contributed by atoms with Crippen molar-refractivity contribution in [2.24, 2.45) is 0 Å². The van der Waals surface area contributed by atoms with Crippen molar-refractivity contribution >= 4 is 17.6 Å². The number of hydrogen-bond acceptors (Lipinski definition) is 3. The second-order valence-corrected chi connectivity index (χ2v) is 5.66. The number of ether oxygens (including phenoxy) is 1. The molecule has 5 heteroatoms. The molecule has 1 atom stereocenters. The van der Waals surface area contributed by atoms with E-state index in [4.69, 9.17) is 9.84 Å². The van der Waals surface area contributed by atoms with Gasteiger partial charge in [0.15, 0.2) is 6.10 Å². The molecule has 1 unspecified atom stereocenters. The maximum atomic E-state index is 12.2. The maximum absolute atomic E-state index is 12.2. The summed E-state index contributed by atoms with van der Waals surface area (Å²) in [5.74, 6) is -0.454. The number of carboxylic acids is 1. The predicted octanol–water partition coefficient (Wildman–Crippen LogP) is 3.42. The molecule has 2 aromatic rings. The number of hydrogen-bond donors (Lipinski definition) is 2. The van der Waals surface area contributed by atoms with E-state index in [2.05, 4.69) is 5.32 Å². The Hall–Kier alpha value is -2.82. The van der Waals surface area contributed by atoms with E-state index >= 15 is 0 Å². The van der Waals surface area contributed by atoms with Gasteiger partial charge in [0.1, 0.15) is 5.75 Å². The van der Waals surface area contributed by atoms with Crippen molar-refractivity contribution in [1.29, 1.82) is 0 Å². The number of nitrogens with one attached hydrogen (secondary N) is 1. The highest BCUT2D eigenvalue weighted by Crippen LogP contribution is 2.16. The van der Waals surface area contributed by atoms with Gasteiger partial charge < -0.3 is 15.2 Å². The summed E-state index contributed by atoms with van der Waals surface area (Å²) in [5, 5.41) is 11.5. The van der Waals surface area contributed by atoms with Crippen LogP contribution in [0.4, 0.5) is 5.69 Å². The number of aryl methyl sites for hydroxylation is 2. The summed E-state index contributed by atoms with van der Waals surface area (Å²) in [4.78, 5) is 22.9. The first-order chi connectivity index (χ1) is 11.4. The second-order valence-electron chi connectivity index (χ2n) is 5.66. The SMILES string of the molecule is Cc1cccc(OC(C)C(=O)Nc2cccc(CCC(=O)O)c2)c1. The highest BCUT2D eigenvalue weighted by atomic mass is 16.5. The molecule has 126 valence electrons. The Kier molecular flexibility index (Phi) is 5.95. The Morgan fingerprint density at radius 1 is 1.17 bits per heavy atom. The lowest BCUT2D eigenvalue weighted by atomic mass is 10.1. The normalized spacial score (nSPS) is 11.6. The molecule has 2 rings (SSSR count). The van der Waals surface area contributed by atoms with Gasteiger partial charge in [0, 0.05) is 12.1 Å². The largest absolute Gasteiger partial charge is 0.481 e. The van der Waals surface area contributed by atoms with Crippen molar-refractivity contribution in [1.82, 2.24) is 0 Å². The summed E-state index contributed by atoms with van der Waals surface area (Å²) in [6, 6.07) is 14.7. The fraction of sp³-hybridized carbons (Fsp3) is 0.263. The van der Waals surface area contributed by atoms with Crippen LogP contribution in [0, 0.1) is 6.92 Å². The number of amides is 1. The molecule has 0 saturated carbocycles. The minimum absolute atomic E-state index is 0.0598. The zero-order chi connectivity index (χ0) is 17.5. The molecule has 2 aromatic carbocycles. The topological polar surface area (TPSA) is 75.6 Å². The van der Waals surface area contributed by atoms with Gasteiger partial charge in [-0.1, -0.05) is 24.3 Å². The molecule has 0 aliphatic carbocycles. The van der Waals surface area contributed by atoms with Gasteiger partial charge in [0.2, 0.25) is 0 Å². The van der Waals surface area contributed by atoms with Crippen LogP contribution in [0.2, 0.25) is 0 Å². The zero-order valence-corrected chi connectivity index (χ0v) is 13.8. The molecule has 0 heterocycles. The number of aliphatic carboxylic acids is 1. The van der Waals surface area contributed by atoms with E-state index in [0.29, 0.717) is 17.9 Å². The van der Waals surface area contributed by atoms with Crippen LogP contribution in [0.1, 0.15) is 24.5 Å². The van der Waals surface area contributed by atoms with Crippen LogP contribution in [0.3, 0.4) is 0 Å². The first kappa shape index (κ1) is 17.5. The van der Waals surface area contributed by atoms with Gasteiger partial charge in [-0.15, -0.1) is 0 Å². The van der Waals surface area contributed by atoms with Crippen LogP contribution in [0.5, 0.6) is 5.75 Å². The first-order valence-electron chi connectivity index (χ1n) is 7.79. The highest BCUT2D eigenvalue weighted by Gasteiger charge is 2.15. The molecule has 0 radical (unpaired) electrons. The summed E-state index contributed by atoms with van der Waals surface area (Å²) in [7, 11) is 0. The molecule has 1 amide bonds. The van der Waals surface area contributed by atoms with Crippen molar-refractivity contribution in [3.05, 3.63) is 59.7 Å². The fourth-order valence-electron chi connectivity index (χ4n) is 2.25. The van der Waals surface area contributed by atoms with Crippen molar-refractivity contribution in [2.45, 2.75) is 32.8 Å².